The summed E-state index contributed by atoms with van der Waals surface area (Å²) in [5, 5.41) is 3.11. The smallest absolute Gasteiger partial charge is 0.350 e. The van der Waals surface area contributed by atoms with Crippen molar-refractivity contribution < 1.29 is 18.0 Å². The van der Waals surface area contributed by atoms with E-state index in [1.165, 1.54) is 19.1 Å². The first-order valence-corrected chi connectivity index (χ1v) is 8.22. The van der Waals surface area contributed by atoms with Gasteiger partial charge in [0.2, 0.25) is 11.7 Å². The molecule has 0 aliphatic carbocycles. The molecule has 26 heavy (non-hydrogen) atoms. The van der Waals surface area contributed by atoms with Crippen molar-refractivity contribution in [2.24, 2.45) is 0 Å². The average Bonchev–Trinajstić information content (AvgIpc) is 3.00. The molecule has 0 aliphatic rings. The number of rotatable bonds is 4. The topological polar surface area (TPSA) is 46.9 Å². The van der Waals surface area contributed by atoms with Gasteiger partial charge >= 0.3 is 6.18 Å². The second-order valence-corrected chi connectivity index (χ2v) is 6.18. The van der Waals surface area contributed by atoms with Gasteiger partial charge in [-0.25, -0.2) is 4.98 Å². The minimum atomic E-state index is -4.67. The number of fused-ring (bicyclic) bond motifs is 1. The first-order valence-electron chi connectivity index (χ1n) is 7.84. The summed E-state index contributed by atoms with van der Waals surface area (Å²) in [4.78, 5) is 16.1. The van der Waals surface area contributed by atoms with Gasteiger partial charge in [0.15, 0.2) is 0 Å². The van der Waals surface area contributed by atoms with Crippen molar-refractivity contribution in [2.75, 3.05) is 0 Å². The van der Waals surface area contributed by atoms with E-state index in [0.717, 1.165) is 4.57 Å². The third kappa shape index (κ3) is 3.53. The van der Waals surface area contributed by atoms with Crippen LogP contribution in [0.5, 0.6) is 0 Å². The van der Waals surface area contributed by atoms with Crippen LogP contribution in [-0.2, 0) is 17.5 Å². The number of imidazole rings is 1. The Morgan fingerprint density at radius 2 is 1.85 bits per heavy atom. The van der Waals surface area contributed by atoms with Gasteiger partial charge in [-0.15, -0.1) is 0 Å². The van der Waals surface area contributed by atoms with Crippen LogP contribution in [0.3, 0.4) is 0 Å². The molecule has 1 heterocycles. The highest BCUT2D eigenvalue weighted by molar-refractivity contribution is 6.31. The maximum absolute atomic E-state index is 13.4. The van der Waals surface area contributed by atoms with E-state index < -0.39 is 23.9 Å². The number of carbonyl (C=O) groups is 1. The van der Waals surface area contributed by atoms with Crippen molar-refractivity contribution in [1.29, 1.82) is 0 Å². The van der Waals surface area contributed by atoms with Crippen LogP contribution >= 0.6 is 11.6 Å². The maximum atomic E-state index is 13.4. The summed E-state index contributed by atoms with van der Waals surface area (Å²) < 4.78 is 41.1. The van der Waals surface area contributed by atoms with Crippen LogP contribution in [-0.4, -0.2) is 15.5 Å². The molecular formula is C18H15ClF3N3O. The van der Waals surface area contributed by atoms with Crippen LogP contribution in [0.1, 0.15) is 24.4 Å². The molecule has 136 valence electrons. The minimum absolute atomic E-state index is 0.122. The molecule has 1 amide bonds. The van der Waals surface area contributed by atoms with E-state index in [1.807, 2.05) is 0 Å². The molecule has 1 aromatic heterocycles. The van der Waals surface area contributed by atoms with E-state index in [-0.39, 0.29) is 17.6 Å². The highest BCUT2D eigenvalue weighted by Crippen LogP contribution is 2.33. The van der Waals surface area contributed by atoms with Crippen molar-refractivity contribution in [3.05, 3.63) is 64.9 Å². The summed E-state index contributed by atoms with van der Waals surface area (Å²) in [5.41, 5.74) is 1.12. The van der Waals surface area contributed by atoms with Crippen molar-refractivity contribution in [1.82, 2.24) is 14.9 Å². The largest absolute Gasteiger partial charge is 0.449 e. The molecule has 0 spiro atoms. The number of nitrogens with zero attached hydrogens (tertiary/aromatic N) is 2. The summed E-state index contributed by atoms with van der Waals surface area (Å²) in [7, 11) is 0. The van der Waals surface area contributed by atoms with Crippen LogP contribution in [0, 0.1) is 0 Å². The van der Waals surface area contributed by atoms with Gasteiger partial charge in [-0.1, -0.05) is 41.9 Å². The number of para-hydroxylation sites is 2. The van der Waals surface area contributed by atoms with E-state index >= 15 is 0 Å². The molecule has 3 aromatic rings. The minimum Gasteiger partial charge on any atom is -0.350 e. The zero-order valence-electron chi connectivity index (χ0n) is 13.7. The molecule has 0 saturated heterocycles. The Bertz CT molecular complexity index is 952. The standard InChI is InChI=1S/C18H15ClF3N3O/c1-11(16(26)23-10-12-6-2-3-7-13(12)19)25-15-9-5-4-8-14(15)24-17(25)18(20,21)22/h2-9,11H,10H2,1H3,(H,23,26)/t11-/m1/s1. The fraction of sp³-hybridized carbons (Fsp3) is 0.222. The van der Waals surface area contributed by atoms with E-state index in [1.54, 1.807) is 36.4 Å². The predicted molar refractivity (Wildman–Crippen MR) is 92.7 cm³/mol. The normalized spacial score (nSPS) is 13.0. The number of halogens is 4. The van der Waals surface area contributed by atoms with Crippen LogP contribution in [0.4, 0.5) is 13.2 Å². The number of nitrogens with one attached hydrogen (secondary N) is 1. The summed E-state index contributed by atoms with van der Waals surface area (Å²) in [6, 6.07) is 12.0. The zero-order valence-corrected chi connectivity index (χ0v) is 14.5. The van der Waals surface area contributed by atoms with E-state index in [2.05, 4.69) is 10.3 Å². The SMILES string of the molecule is C[C@H](C(=O)NCc1ccccc1Cl)n1c(C(F)(F)F)nc2ccccc21. The van der Waals surface area contributed by atoms with Crippen molar-refractivity contribution in [2.45, 2.75) is 25.7 Å². The predicted octanol–water partition coefficient (Wildman–Crippen LogP) is 4.59. The molecule has 8 heteroatoms. The number of hydrogen-bond donors (Lipinski definition) is 1. The highest BCUT2D eigenvalue weighted by atomic mass is 35.5. The number of amides is 1. The lowest BCUT2D eigenvalue weighted by Gasteiger charge is -2.18. The fourth-order valence-electron chi connectivity index (χ4n) is 2.73. The second kappa shape index (κ2) is 6.99. The Kier molecular flexibility index (Phi) is 4.91. The molecule has 0 saturated carbocycles. The lowest BCUT2D eigenvalue weighted by atomic mass is 10.2. The summed E-state index contributed by atoms with van der Waals surface area (Å²) in [6.07, 6.45) is -4.67. The van der Waals surface area contributed by atoms with E-state index in [9.17, 15) is 18.0 Å². The highest BCUT2D eigenvalue weighted by Gasteiger charge is 2.39. The maximum Gasteiger partial charge on any atom is 0.449 e. The zero-order chi connectivity index (χ0) is 18.9. The van der Waals surface area contributed by atoms with Gasteiger partial charge in [0.1, 0.15) is 6.04 Å². The molecule has 0 radical (unpaired) electrons. The van der Waals surface area contributed by atoms with Gasteiger partial charge in [0.05, 0.1) is 11.0 Å². The number of alkyl halides is 3. The van der Waals surface area contributed by atoms with Crippen LogP contribution in [0.15, 0.2) is 48.5 Å². The Labute approximate surface area is 152 Å². The summed E-state index contributed by atoms with van der Waals surface area (Å²) in [5.74, 6) is -1.65. The Morgan fingerprint density at radius 3 is 2.54 bits per heavy atom. The third-order valence-electron chi connectivity index (χ3n) is 4.03. The van der Waals surface area contributed by atoms with Crippen molar-refractivity contribution >= 4 is 28.5 Å². The Balaban J connectivity index is 1.90. The van der Waals surface area contributed by atoms with Gasteiger partial charge in [-0.05, 0) is 30.7 Å². The Morgan fingerprint density at radius 1 is 1.19 bits per heavy atom. The van der Waals surface area contributed by atoms with Gasteiger partial charge in [0, 0.05) is 11.6 Å². The molecule has 0 bridgehead atoms. The monoisotopic (exact) mass is 381 g/mol. The first kappa shape index (κ1) is 18.3. The quantitative estimate of drug-likeness (QED) is 0.718. The second-order valence-electron chi connectivity index (χ2n) is 5.78. The molecular weight excluding hydrogens is 367 g/mol. The van der Waals surface area contributed by atoms with E-state index in [4.69, 9.17) is 11.6 Å². The van der Waals surface area contributed by atoms with Crippen molar-refractivity contribution in [3.63, 3.8) is 0 Å². The lowest BCUT2D eigenvalue weighted by Crippen LogP contribution is -2.32. The molecule has 1 N–H and O–H groups in total. The van der Waals surface area contributed by atoms with Gasteiger partial charge < -0.3 is 9.88 Å². The van der Waals surface area contributed by atoms with Crippen LogP contribution < -0.4 is 5.32 Å². The lowest BCUT2D eigenvalue weighted by molar-refractivity contribution is -0.148. The summed E-state index contributed by atoms with van der Waals surface area (Å²) >= 11 is 6.03. The number of benzene rings is 2. The fourth-order valence-corrected chi connectivity index (χ4v) is 2.93. The van der Waals surface area contributed by atoms with E-state index in [0.29, 0.717) is 10.6 Å². The van der Waals surface area contributed by atoms with Crippen molar-refractivity contribution in [3.8, 4) is 0 Å². The molecule has 0 aliphatic heterocycles. The number of hydrogen-bond acceptors (Lipinski definition) is 2. The molecule has 0 fully saturated rings. The number of aromatic nitrogens is 2. The third-order valence-corrected chi connectivity index (χ3v) is 4.40. The van der Waals surface area contributed by atoms with Gasteiger partial charge in [0.25, 0.3) is 0 Å². The molecule has 3 rings (SSSR count). The molecule has 0 unspecified atom stereocenters. The van der Waals surface area contributed by atoms with Crippen LogP contribution in [0.25, 0.3) is 11.0 Å². The van der Waals surface area contributed by atoms with Crippen LogP contribution in [0.2, 0.25) is 5.02 Å². The van der Waals surface area contributed by atoms with Gasteiger partial charge in [-0.2, -0.15) is 13.2 Å². The van der Waals surface area contributed by atoms with Gasteiger partial charge in [-0.3, -0.25) is 4.79 Å². The first-order chi connectivity index (χ1) is 12.3. The number of carbonyl (C=O) groups excluding carboxylic acids is 1. The molecule has 2 aromatic carbocycles. The summed E-state index contributed by atoms with van der Waals surface area (Å²) in [6.45, 7) is 1.53. The molecule has 1 atom stereocenters. The Hall–Kier alpha value is -2.54. The molecule has 4 nitrogen and oxygen atoms in total. The average molecular weight is 382 g/mol.